The van der Waals surface area contributed by atoms with E-state index in [0.717, 1.165) is 0 Å². The first-order valence-corrected chi connectivity index (χ1v) is 6.09. The molecule has 1 aromatic rings. The number of aliphatic carboxylic acids is 1. The molecule has 3 nitrogen and oxygen atoms in total. The summed E-state index contributed by atoms with van der Waals surface area (Å²) in [6.45, 7) is 1.66. The van der Waals surface area contributed by atoms with E-state index >= 15 is 0 Å². The van der Waals surface area contributed by atoms with E-state index in [1.807, 2.05) is 0 Å². The van der Waals surface area contributed by atoms with E-state index < -0.39 is 12.0 Å². The van der Waals surface area contributed by atoms with Crippen molar-refractivity contribution in [3.63, 3.8) is 0 Å². The van der Waals surface area contributed by atoms with Crippen LogP contribution in [-0.2, 0) is 4.79 Å². The number of benzene rings is 1. The predicted molar refractivity (Wildman–Crippen MR) is 70.6 cm³/mol. The van der Waals surface area contributed by atoms with Gasteiger partial charge in [-0.3, -0.25) is 9.69 Å². The van der Waals surface area contributed by atoms with Crippen molar-refractivity contribution in [3.8, 4) is 12.3 Å². The molecule has 0 bridgehead atoms. The topological polar surface area (TPSA) is 40.5 Å². The predicted octanol–water partition coefficient (Wildman–Crippen LogP) is 2.67. The molecule has 96 valence electrons. The standard InChI is InChI=1S/C13H13BrFNO2/c1-3-6-16(8-13(17)18)9(2)11-5-4-10(14)7-12(11)15/h1,4-5,7,9H,6,8H2,2H3,(H,17,18). The number of carboxylic acids is 1. The van der Waals surface area contributed by atoms with Crippen LogP contribution in [0.3, 0.4) is 0 Å². The van der Waals surface area contributed by atoms with Gasteiger partial charge in [0.05, 0.1) is 13.1 Å². The van der Waals surface area contributed by atoms with E-state index in [-0.39, 0.29) is 18.9 Å². The van der Waals surface area contributed by atoms with Gasteiger partial charge in [-0.05, 0) is 19.1 Å². The van der Waals surface area contributed by atoms with Gasteiger partial charge in [0.25, 0.3) is 0 Å². The summed E-state index contributed by atoms with van der Waals surface area (Å²) < 4.78 is 14.4. The molecule has 0 aliphatic rings. The van der Waals surface area contributed by atoms with Crippen molar-refractivity contribution in [2.75, 3.05) is 13.1 Å². The second-order valence-electron chi connectivity index (χ2n) is 3.84. The first-order valence-electron chi connectivity index (χ1n) is 5.30. The monoisotopic (exact) mass is 313 g/mol. The average molecular weight is 314 g/mol. The summed E-state index contributed by atoms with van der Waals surface area (Å²) in [4.78, 5) is 12.3. The van der Waals surface area contributed by atoms with E-state index in [1.165, 1.54) is 11.0 Å². The fraction of sp³-hybridized carbons (Fsp3) is 0.308. The highest BCUT2D eigenvalue weighted by atomic mass is 79.9. The van der Waals surface area contributed by atoms with Crippen LogP contribution in [0.1, 0.15) is 18.5 Å². The summed E-state index contributed by atoms with van der Waals surface area (Å²) in [5.41, 5.74) is 0.426. The summed E-state index contributed by atoms with van der Waals surface area (Å²) in [5.74, 6) is 1.01. The Balaban J connectivity index is 2.98. The van der Waals surface area contributed by atoms with Gasteiger partial charge in [0, 0.05) is 16.1 Å². The molecule has 1 aromatic carbocycles. The smallest absolute Gasteiger partial charge is 0.317 e. The number of carbonyl (C=O) groups is 1. The largest absolute Gasteiger partial charge is 0.480 e. The van der Waals surface area contributed by atoms with Crippen LogP contribution in [0.2, 0.25) is 0 Å². The molecule has 0 saturated carbocycles. The number of hydrogen-bond donors (Lipinski definition) is 1. The quantitative estimate of drug-likeness (QED) is 0.850. The molecule has 18 heavy (non-hydrogen) atoms. The molecular weight excluding hydrogens is 301 g/mol. The van der Waals surface area contributed by atoms with Crippen LogP contribution >= 0.6 is 15.9 Å². The van der Waals surface area contributed by atoms with Gasteiger partial charge in [0.1, 0.15) is 5.82 Å². The molecule has 1 rings (SSSR count). The summed E-state index contributed by atoms with van der Waals surface area (Å²) in [5, 5.41) is 8.81. The Morgan fingerprint density at radius 1 is 1.67 bits per heavy atom. The average Bonchev–Trinajstić information content (AvgIpc) is 2.27. The lowest BCUT2D eigenvalue weighted by atomic mass is 10.1. The van der Waals surface area contributed by atoms with E-state index in [4.69, 9.17) is 11.5 Å². The van der Waals surface area contributed by atoms with Gasteiger partial charge in [-0.15, -0.1) is 6.42 Å². The van der Waals surface area contributed by atoms with E-state index in [2.05, 4.69) is 21.9 Å². The molecule has 0 fully saturated rings. The number of carboxylic acid groups (broad SMARTS) is 1. The van der Waals surface area contributed by atoms with Crippen molar-refractivity contribution in [2.45, 2.75) is 13.0 Å². The zero-order chi connectivity index (χ0) is 13.7. The summed E-state index contributed by atoms with van der Waals surface area (Å²) >= 11 is 3.17. The van der Waals surface area contributed by atoms with E-state index in [0.29, 0.717) is 10.0 Å². The maximum Gasteiger partial charge on any atom is 0.317 e. The van der Waals surface area contributed by atoms with Crippen molar-refractivity contribution in [3.05, 3.63) is 34.1 Å². The minimum absolute atomic E-state index is 0.156. The first-order chi connectivity index (χ1) is 8.45. The van der Waals surface area contributed by atoms with E-state index in [1.54, 1.807) is 19.1 Å². The third-order valence-corrected chi connectivity index (χ3v) is 3.09. The van der Waals surface area contributed by atoms with Crippen molar-refractivity contribution < 1.29 is 14.3 Å². The Morgan fingerprint density at radius 3 is 2.83 bits per heavy atom. The molecule has 0 radical (unpaired) electrons. The lowest BCUT2D eigenvalue weighted by molar-refractivity contribution is -0.138. The second-order valence-corrected chi connectivity index (χ2v) is 4.76. The van der Waals surface area contributed by atoms with Gasteiger partial charge in [-0.25, -0.2) is 4.39 Å². The molecule has 5 heteroatoms. The molecule has 0 spiro atoms. The van der Waals surface area contributed by atoms with Crippen LogP contribution in [0, 0.1) is 18.2 Å². The van der Waals surface area contributed by atoms with Crippen molar-refractivity contribution in [2.24, 2.45) is 0 Å². The van der Waals surface area contributed by atoms with Gasteiger partial charge < -0.3 is 5.11 Å². The zero-order valence-electron chi connectivity index (χ0n) is 9.86. The summed E-state index contributed by atoms with van der Waals surface area (Å²) in [6, 6.07) is 4.28. The minimum Gasteiger partial charge on any atom is -0.480 e. The normalized spacial score (nSPS) is 12.2. The molecule has 0 aliphatic heterocycles. The summed E-state index contributed by atoms with van der Waals surface area (Å²) in [7, 11) is 0. The number of nitrogens with zero attached hydrogens (tertiary/aromatic N) is 1. The van der Waals surface area contributed by atoms with Crippen LogP contribution in [0.5, 0.6) is 0 Å². The van der Waals surface area contributed by atoms with Crippen LogP contribution in [0.15, 0.2) is 22.7 Å². The Morgan fingerprint density at radius 2 is 2.33 bits per heavy atom. The molecule has 0 heterocycles. The third kappa shape index (κ3) is 3.83. The molecule has 1 N–H and O–H groups in total. The highest BCUT2D eigenvalue weighted by molar-refractivity contribution is 9.10. The molecule has 0 aliphatic carbocycles. The third-order valence-electron chi connectivity index (χ3n) is 2.59. The van der Waals surface area contributed by atoms with Crippen LogP contribution in [-0.4, -0.2) is 29.1 Å². The molecule has 1 unspecified atom stereocenters. The molecular formula is C13H13BrFNO2. The maximum atomic E-state index is 13.8. The Bertz CT molecular complexity index is 484. The van der Waals surface area contributed by atoms with Gasteiger partial charge >= 0.3 is 5.97 Å². The lowest BCUT2D eigenvalue weighted by Gasteiger charge is -2.26. The van der Waals surface area contributed by atoms with Crippen LogP contribution in [0.25, 0.3) is 0 Å². The summed E-state index contributed by atoms with van der Waals surface area (Å²) in [6.07, 6.45) is 5.20. The van der Waals surface area contributed by atoms with Crippen molar-refractivity contribution in [1.29, 1.82) is 0 Å². The van der Waals surface area contributed by atoms with Crippen LogP contribution < -0.4 is 0 Å². The molecule has 0 amide bonds. The van der Waals surface area contributed by atoms with Gasteiger partial charge in [0.2, 0.25) is 0 Å². The number of rotatable bonds is 5. The van der Waals surface area contributed by atoms with Gasteiger partial charge in [-0.2, -0.15) is 0 Å². The maximum absolute atomic E-state index is 13.8. The molecule has 0 aromatic heterocycles. The fourth-order valence-corrected chi connectivity index (χ4v) is 1.99. The number of hydrogen-bond acceptors (Lipinski definition) is 2. The number of terminal acetylenes is 1. The number of halogens is 2. The Labute approximate surface area is 114 Å². The van der Waals surface area contributed by atoms with Crippen molar-refractivity contribution in [1.82, 2.24) is 4.90 Å². The first kappa shape index (κ1) is 14.7. The molecule has 1 atom stereocenters. The lowest BCUT2D eigenvalue weighted by Crippen LogP contribution is -2.33. The minimum atomic E-state index is -0.991. The zero-order valence-corrected chi connectivity index (χ0v) is 11.4. The van der Waals surface area contributed by atoms with Gasteiger partial charge in [-0.1, -0.05) is 27.9 Å². The SMILES string of the molecule is C#CCN(CC(=O)O)C(C)c1ccc(Br)cc1F. The van der Waals surface area contributed by atoms with E-state index in [9.17, 15) is 9.18 Å². The second kappa shape index (κ2) is 6.53. The Kier molecular flexibility index (Phi) is 5.32. The highest BCUT2D eigenvalue weighted by Crippen LogP contribution is 2.25. The van der Waals surface area contributed by atoms with Gasteiger partial charge in [0.15, 0.2) is 0 Å². The van der Waals surface area contributed by atoms with Crippen molar-refractivity contribution >= 4 is 21.9 Å². The fourth-order valence-electron chi connectivity index (χ4n) is 1.66. The Hall–Kier alpha value is -1.38. The molecule has 0 saturated heterocycles. The highest BCUT2D eigenvalue weighted by Gasteiger charge is 2.20. The van der Waals surface area contributed by atoms with Crippen LogP contribution in [0.4, 0.5) is 4.39 Å².